The Labute approximate surface area is 152 Å². The first-order valence-electron chi connectivity index (χ1n) is 10.2. The molecular formula is C22H34O3. The van der Waals surface area contributed by atoms with Gasteiger partial charge in [0, 0.05) is 6.42 Å². The number of benzene rings is 1. The maximum atomic E-state index is 12.0. The highest BCUT2D eigenvalue weighted by Gasteiger charge is 2.28. The van der Waals surface area contributed by atoms with Gasteiger partial charge in [-0.15, -0.1) is 0 Å². The van der Waals surface area contributed by atoms with Gasteiger partial charge in [-0.3, -0.25) is 0 Å². The number of cyclic esters (lactones) is 1. The maximum absolute atomic E-state index is 12.0. The van der Waals surface area contributed by atoms with Gasteiger partial charge in [0.2, 0.25) is 0 Å². The lowest BCUT2D eigenvalue weighted by Crippen LogP contribution is -2.27. The van der Waals surface area contributed by atoms with Crippen molar-refractivity contribution in [2.75, 3.05) is 0 Å². The smallest absolute Gasteiger partial charge is 0.342 e. The van der Waals surface area contributed by atoms with Gasteiger partial charge in [-0.1, -0.05) is 83.3 Å². The predicted molar refractivity (Wildman–Crippen MR) is 102 cm³/mol. The van der Waals surface area contributed by atoms with E-state index in [1.54, 1.807) is 12.1 Å². The molecule has 0 aromatic heterocycles. The van der Waals surface area contributed by atoms with E-state index in [4.69, 9.17) is 4.74 Å². The average molecular weight is 347 g/mol. The summed E-state index contributed by atoms with van der Waals surface area (Å²) >= 11 is 0. The second-order valence-corrected chi connectivity index (χ2v) is 7.37. The monoisotopic (exact) mass is 346 g/mol. The molecule has 3 nitrogen and oxygen atoms in total. The number of hydrogen-bond donors (Lipinski definition) is 1. The first kappa shape index (κ1) is 19.8. The Kier molecular flexibility index (Phi) is 8.85. The van der Waals surface area contributed by atoms with Gasteiger partial charge in [0.25, 0.3) is 0 Å². The fourth-order valence-electron chi connectivity index (χ4n) is 3.69. The van der Waals surface area contributed by atoms with Gasteiger partial charge < -0.3 is 9.84 Å². The fraction of sp³-hybridized carbons (Fsp3) is 0.682. The number of aromatic hydroxyl groups is 1. The number of phenolic OH excluding ortho intramolecular Hbond substituents is 1. The molecule has 0 radical (unpaired) electrons. The Morgan fingerprint density at radius 2 is 1.56 bits per heavy atom. The number of rotatable bonds is 12. The van der Waals surface area contributed by atoms with Crippen LogP contribution in [-0.4, -0.2) is 17.2 Å². The lowest BCUT2D eigenvalue weighted by molar-refractivity contribution is 0.0227. The van der Waals surface area contributed by atoms with Gasteiger partial charge >= 0.3 is 5.97 Å². The Morgan fingerprint density at radius 3 is 2.20 bits per heavy atom. The van der Waals surface area contributed by atoms with E-state index in [1.807, 2.05) is 6.07 Å². The molecule has 0 amide bonds. The molecule has 3 heteroatoms. The summed E-state index contributed by atoms with van der Waals surface area (Å²) in [6.07, 6.45) is 16.2. The zero-order valence-corrected chi connectivity index (χ0v) is 15.8. The van der Waals surface area contributed by atoms with E-state index in [-0.39, 0.29) is 17.8 Å². The maximum Gasteiger partial charge on any atom is 0.342 e. The Bertz CT molecular complexity index is 524. The van der Waals surface area contributed by atoms with Crippen molar-refractivity contribution in [2.45, 2.75) is 96.5 Å². The van der Waals surface area contributed by atoms with E-state index >= 15 is 0 Å². The molecule has 0 spiro atoms. The number of hydrogen-bond acceptors (Lipinski definition) is 3. The fourth-order valence-corrected chi connectivity index (χ4v) is 3.69. The second-order valence-electron chi connectivity index (χ2n) is 7.37. The molecule has 2 rings (SSSR count). The van der Waals surface area contributed by atoms with E-state index in [0.29, 0.717) is 5.56 Å². The Balaban J connectivity index is 1.53. The molecule has 140 valence electrons. The first-order chi connectivity index (χ1) is 12.2. The van der Waals surface area contributed by atoms with Crippen molar-refractivity contribution in [1.29, 1.82) is 0 Å². The molecular weight excluding hydrogens is 312 g/mol. The SMILES string of the molecule is CCCCCCCCCCCCCC1Cc2cccc(O)c2C(=O)O1. The molecule has 0 saturated heterocycles. The lowest BCUT2D eigenvalue weighted by atomic mass is 9.95. The van der Waals surface area contributed by atoms with Crippen LogP contribution in [0.2, 0.25) is 0 Å². The van der Waals surface area contributed by atoms with Crippen LogP contribution in [-0.2, 0) is 11.2 Å². The topological polar surface area (TPSA) is 46.5 Å². The third kappa shape index (κ3) is 6.72. The zero-order valence-electron chi connectivity index (χ0n) is 15.8. The highest BCUT2D eigenvalue weighted by Crippen LogP contribution is 2.29. The number of carbonyl (C=O) groups excluding carboxylic acids is 1. The molecule has 1 aliphatic rings. The Hall–Kier alpha value is -1.51. The van der Waals surface area contributed by atoms with Crippen LogP contribution in [0.1, 0.15) is 99.9 Å². The number of esters is 1. The van der Waals surface area contributed by atoms with Gasteiger partial charge in [-0.25, -0.2) is 4.79 Å². The van der Waals surface area contributed by atoms with Crippen LogP contribution in [0.15, 0.2) is 18.2 Å². The van der Waals surface area contributed by atoms with E-state index < -0.39 is 0 Å². The highest BCUT2D eigenvalue weighted by atomic mass is 16.5. The summed E-state index contributed by atoms with van der Waals surface area (Å²) in [6, 6.07) is 5.26. The molecule has 25 heavy (non-hydrogen) atoms. The molecule has 1 heterocycles. The van der Waals surface area contributed by atoms with Crippen LogP contribution < -0.4 is 0 Å². The minimum atomic E-state index is -0.368. The van der Waals surface area contributed by atoms with Crippen molar-refractivity contribution < 1.29 is 14.6 Å². The molecule has 1 N–H and O–H groups in total. The van der Waals surface area contributed by atoms with Gasteiger partial charge in [-0.05, 0) is 24.5 Å². The van der Waals surface area contributed by atoms with Gasteiger partial charge in [0.15, 0.2) is 0 Å². The number of fused-ring (bicyclic) bond motifs is 1. The van der Waals surface area contributed by atoms with E-state index in [2.05, 4.69) is 6.92 Å². The molecule has 1 aromatic carbocycles. The molecule has 0 fully saturated rings. The van der Waals surface area contributed by atoms with Crippen LogP contribution in [0, 0.1) is 0 Å². The third-order valence-corrected chi connectivity index (χ3v) is 5.18. The van der Waals surface area contributed by atoms with Crippen LogP contribution in [0.25, 0.3) is 0 Å². The van der Waals surface area contributed by atoms with Gasteiger partial charge in [0.05, 0.1) is 0 Å². The minimum absolute atomic E-state index is 0.0274. The summed E-state index contributed by atoms with van der Waals surface area (Å²) in [5.41, 5.74) is 1.28. The number of ether oxygens (including phenoxy) is 1. The lowest BCUT2D eigenvalue weighted by Gasteiger charge is -2.25. The van der Waals surface area contributed by atoms with Crippen molar-refractivity contribution in [3.8, 4) is 5.75 Å². The van der Waals surface area contributed by atoms with Crippen LogP contribution in [0.4, 0.5) is 0 Å². The largest absolute Gasteiger partial charge is 0.507 e. The number of unbranched alkanes of at least 4 members (excludes halogenated alkanes) is 10. The summed E-state index contributed by atoms with van der Waals surface area (Å²) in [5.74, 6) is -0.330. The number of carbonyl (C=O) groups is 1. The van der Waals surface area contributed by atoms with Crippen molar-refractivity contribution >= 4 is 5.97 Å². The summed E-state index contributed by atoms with van der Waals surface area (Å²) in [6.45, 7) is 2.26. The highest BCUT2D eigenvalue weighted by molar-refractivity contribution is 5.95. The van der Waals surface area contributed by atoms with Crippen molar-refractivity contribution in [2.24, 2.45) is 0 Å². The molecule has 1 unspecified atom stereocenters. The molecule has 1 aromatic rings. The van der Waals surface area contributed by atoms with Gasteiger partial charge in [0.1, 0.15) is 17.4 Å². The molecule has 0 aliphatic carbocycles. The second kappa shape index (κ2) is 11.2. The molecule has 0 saturated carbocycles. The van der Waals surface area contributed by atoms with Crippen molar-refractivity contribution in [3.05, 3.63) is 29.3 Å². The van der Waals surface area contributed by atoms with E-state index in [1.165, 1.54) is 64.2 Å². The van der Waals surface area contributed by atoms with Crippen molar-refractivity contribution in [3.63, 3.8) is 0 Å². The van der Waals surface area contributed by atoms with Gasteiger partial charge in [-0.2, -0.15) is 0 Å². The summed E-state index contributed by atoms with van der Waals surface area (Å²) in [7, 11) is 0. The Morgan fingerprint density at radius 1 is 0.960 bits per heavy atom. The number of phenols is 1. The minimum Gasteiger partial charge on any atom is -0.507 e. The van der Waals surface area contributed by atoms with Crippen molar-refractivity contribution in [1.82, 2.24) is 0 Å². The summed E-state index contributed by atoms with van der Waals surface area (Å²) in [4.78, 5) is 12.0. The van der Waals surface area contributed by atoms with Crippen LogP contribution in [0.3, 0.4) is 0 Å². The first-order valence-corrected chi connectivity index (χ1v) is 10.2. The van der Waals surface area contributed by atoms with E-state index in [9.17, 15) is 9.90 Å². The average Bonchev–Trinajstić information content (AvgIpc) is 2.59. The normalized spacial score (nSPS) is 16.5. The quantitative estimate of drug-likeness (QED) is 0.363. The van der Waals surface area contributed by atoms with Crippen LogP contribution >= 0.6 is 0 Å². The van der Waals surface area contributed by atoms with E-state index in [0.717, 1.165) is 24.8 Å². The molecule has 1 atom stereocenters. The summed E-state index contributed by atoms with van der Waals surface area (Å²) < 4.78 is 5.49. The molecule has 0 bridgehead atoms. The predicted octanol–water partition coefficient (Wildman–Crippen LogP) is 6.17. The molecule has 1 aliphatic heterocycles. The third-order valence-electron chi connectivity index (χ3n) is 5.18. The zero-order chi connectivity index (χ0) is 17.9. The summed E-state index contributed by atoms with van der Waals surface area (Å²) in [5, 5.41) is 9.79. The van der Waals surface area contributed by atoms with Crippen LogP contribution in [0.5, 0.6) is 5.75 Å². The standard InChI is InChI=1S/C22H34O3/c1-2-3-4-5-6-7-8-9-10-11-12-15-19-17-18-14-13-16-20(23)21(18)22(24)25-19/h13-14,16,19,23H,2-12,15,17H2,1H3.